The maximum Gasteiger partial charge on any atom is 0.303 e. The molecule has 0 spiro atoms. The second kappa shape index (κ2) is 5.20. The highest BCUT2D eigenvalue weighted by atomic mass is 16.5. The third kappa shape index (κ3) is 3.05. The van der Waals surface area contributed by atoms with Crippen LogP contribution >= 0.6 is 0 Å². The van der Waals surface area contributed by atoms with Gasteiger partial charge in [0.25, 0.3) is 0 Å². The highest BCUT2D eigenvalue weighted by Crippen LogP contribution is 2.43. The van der Waals surface area contributed by atoms with E-state index in [-0.39, 0.29) is 12.1 Å². The standard InChI is InChI=1S/C15H28NO2/c1-11(17)18-15-10-13-8-6-5-7-12(13)9-14(15)16(2,3)4/h12-15H,5-10H2,1-4H3/q+1/t12-,13-,14+,15-/m1/s1. The van der Waals surface area contributed by atoms with Crippen LogP contribution in [0, 0.1) is 11.8 Å². The highest BCUT2D eigenvalue weighted by Gasteiger charge is 2.45. The lowest BCUT2D eigenvalue weighted by atomic mass is 9.68. The van der Waals surface area contributed by atoms with Crippen LogP contribution in [-0.4, -0.2) is 43.7 Å². The average Bonchev–Trinajstić information content (AvgIpc) is 2.26. The lowest BCUT2D eigenvalue weighted by Crippen LogP contribution is -2.57. The Bertz CT molecular complexity index is 308. The lowest BCUT2D eigenvalue weighted by molar-refractivity contribution is -0.901. The number of ether oxygens (including phenoxy) is 1. The molecular weight excluding hydrogens is 226 g/mol. The summed E-state index contributed by atoms with van der Waals surface area (Å²) in [6.07, 6.45) is 7.92. The van der Waals surface area contributed by atoms with Gasteiger partial charge in [0.2, 0.25) is 0 Å². The van der Waals surface area contributed by atoms with Gasteiger partial charge in [0.15, 0.2) is 6.10 Å². The van der Waals surface area contributed by atoms with Crippen LogP contribution in [0.4, 0.5) is 0 Å². The van der Waals surface area contributed by atoms with Crippen molar-refractivity contribution in [3.63, 3.8) is 0 Å². The van der Waals surface area contributed by atoms with Crippen LogP contribution in [-0.2, 0) is 9.53 Å². The fraction of sp³-hybridized carbons (Fsp3) is 0.933. The first-order valence-corrected chi connectivity index (χ1v) is 7.36. The molecule has 2 rings (SSSR count). The van der Waals surface area contributed by atoms with Crippen molar-refractivity contribution in [3.05, 3.63) is 0 Å². The number of esters is 1. The number of fused-ring (bicyclic) bond motifs is 1. The van der Waals surface area contributed by atoms with Crippen molar-refractivity contribution >= 4 is 5.97 Å². The van der Waals surface area contributed by atoms with Crippen molar-refractivity contribution in [2.45, 2.75) is 57.6 Å². The summed E-state index contributed by atoms with van der Waals surface area (Å²) in [5, 5.41) is 0. The Kier molecular flexibility index (Phi) is 4.00. The number of rotatable bonds is 2. The molecule has 0 N–H and O–H groups in total. The van der Waals surface area contributed by atoms with Gasteiger partial charge in [-0.1, -0.05) is 19.3 Å². The van der Waals surface area contributed by atoms with E-state index in [0.717, 1.165) is 22.7 Å². The average molecular weight is 254 g/mol. The van der Waals surface area contributed by atoms with Crippen molar-refractivity contribution in [3.8, 4) is 0 Å². The molecule has 0 aliphatic heterocycles. The zero-order chi connectivity index (χ0) is 13.3. The fourth-order valence-corrected chi connectivity index (χ4v) is 3.98. The smallest absolute Gasteiger partial charge is 0.303 e. The van der Waals surface area contributed by atoms with E-state index in [1.165, 1.54) is 32.1 Å². The molecule has 0 amide bonds. The van der Waals surface area contributed by atoms with Gasteiger partial charge in [-0.05, 0) is 24.7 Å². The van der Waals surface area contributed by atoms with Gasteiger partial charge in [-0.15, -0.1) is 0 Å². The minimum absolute atomic E-state index is 0.118. The third-order valence-electron chi connectivity index (χ3n) is 4.89. The van der Waals surface area contributed by atoms with Crippen molar-refractivity contribution in [2.75, 3.05) is 21.1 Å². The number of quaternary nitrogens is 1. The van der Waals surface area contributed by atoms with Crippen LogP contribution in [0.15, 0.2) is 0 Å². The number of likely N-dealkylation sites (N-methyl/N-ethyl adjacent to an activating group) is 1. The predicted molar refractivity (Wildman–Crippen MR) is 72.1 cm³/mol. The monoisotopic (exact) mass is 254 g/mol. The Morgan fingerprint density at radius 2 is 1.61 bits per heavy atom. The quantitative estimate of drug-likeness (QED) is 0.559. The van der Waals surface area contributed by atoms with E-state index >= 15 is 0 Å². The minimum Gasteiger partial charge on any atom is -0.456 e. The van der Waals surface area contributed by atoms with E-state index in [9.17, 15) is 4.79 Å². The first-order valence-electron chi connectivity index (χ1n) is 7.36. The summed E-state index contributed by atoms with van der Waals surface area (Å²) in [6, 6.07) is 0.466. The number of nitrogens with zero attached hydrogens (tertiary/aromatic N) is 1. The second-order valence-electron chi connectivity index (χ2n) is 7.11. The first kappa shape index (κ1) is 13.9. The summed E-state index contributed by atoms with van der Waals surface area (Å²) in [5.74, 6) is 1.55. The van der Waals surface area contributed by atoms with Crippen molar-refractivity contribution in [2.24, 2.45) is 11.8 Å². The van der Waals surface area contributed by atoms with Gasteiger partial charge in [0, 0.05) is 13.3 Å². The van der Waals surface area contributed by atoms with E-state index in [0.29, 0.717) is 6.04 Å². The minimum atomic E-state index is -0.118. The lowest BCUT2D eigenvalue weighted by Gasteiger charge is -2.47. The molecule has 0 aromatic rings. The summed E-state index contributed by atoms with van der Waals surface area (Å²) in [4.78, 5) is 11.3. The molecule has 2 saturated carbocycles. The topological polar surface area (TPSA) is 26.3 Å². The van der Waals surface area contributed by atoms with Gasteiger partial charge in [-0.3, -0.25) is 4.79 Å². The third-order valence-corrected chi connectivity index (χ3v) is 4.89. The van der Waals surface area contributed by atoms with Crippen LogP contribution in [0.5, 0.6) is 0 Å². The Morgan fingerprint density at radius 3 is 2.11 bits per heavy atom. The molecule has 0 aromatic carbocycles. The first-order chi connectivity index (χ1) is 8.38. The van der Waals surface area contributed by atoms with E-state index in [1.807, 2.05) is 0 Å². The van der Waals surface area contributed by atoms with Gasteiger partial charge in [-0.25, -0.2) is 0 Å². The van der Waals surface area contributed by atoms with Crippen molar-refractivity contribution < 1.29 is 14.0 Å². The molecule has 18 heavy (non-hydrogen) atoms. The van der Waals surface area contributed by atoms with Crippen LogP contribution in [0.3, 0.4) is 0 Å². The molecule has 0 saturated heterocycles. The highest BCUT2D eigenvalue weighted by molar-refractivity contribution is 5.66. The Hall–Kier alpha value is -0.570. The summed E-state index contributed by atoms with van der Waals surface area (Å²) >= 11 is 0. The van der Waals surface area contributed by atoms with Crippen LogP contribution in [0.2, 0.25) is 0 Å². The molecule has 104 valence electrons. The number of carbonyl (C=O) groups is 1. The summed E-state index contributed by atoms with van der Waals surface area (Å²) in [6.45, 7) is 1.54. The Balaban J connectivity index is 2.11. The molecule has 2 fully saturated rings. The van der Waals surface area contributed by atoms with Gasteiger partial charge >= 0.3 is 5.97 Å². The van der Waals surface area contributed by atoms with Gasteiger partial charge < -0.3 is 9.22 Å². The molecule has 4 atom stereocenters. The van der Waals surface area contributed by atoms with Crippen LogP contribution in [0.25, 0.3) is 0 Å². The Morgan fingerprint density at radius 1 is 1.06 bits per heavy atom. The maximum atomic E-state index is 11.3. The second-order valence-corrected chi connectivity index (χ2v) is 7.11. The number of hydrogen-bond donors (Lipinski definition) is 0. The molecule has 0 bridgehead atoms. The van der Waals surface area contributed by atoms with Crippen LogP contribution < -0.4 is 0 Å². The molecule has 2 aliphatic carbocycles. The number of hydrogen-bond acceptors (Lipinski definition) is 2. The normalized spacial score (nSPS) is 36.9. The number of carbonyl (C=O) groups excluding carboxylic acids is 1. The van der Waals surface area contributed by atoms with E-state index in [4.69, 9.17) is 4.74 Å². The van der Waals surface area contributed by atoms with E-state index in [1.54, 1.807) is 6.92 Å². The molecule has 2 aliphatic rings. The van der Waals surface area contributed by atoms with Gasteiger partial charge in [0.05, 0.1) is 21.1 Å². The molecule has 3 heteroatoms. The largest absolute Gasteiger partial charge is 0.456 e. The zero-order valence-electron chi connectivity index (χ0n) is 12.3. The van der Waals surface area contributed by atoms with Crippen molar-refractivity contribution in [1.29, 1.82) is 0 Å². The predicted octanol–water partition coefficient (Wildman–Crippen LogP) is 2.59. The van der Waals surface area contributed by atoms with Gasteiger partial charge in [0.1, 0.15) is 6.04 Å². The molecule has 3 nitrogen and oxygen atoms in total. The summed E-state index contributed by atoms with van der Waals surface area (Å²) in [7, 11) is 6.68. The van der Waals surface area contributed by atoms with Crippen molar-refractivity contribution in [1.82, 2.24) is 0 Å². The molecule has 0 unspecified atom stereocenters. The summed E-state index contributed by atoms with van der Waals surface area (Å²) < 4.78 is 6.53. The fourth-order valence-electron chi connectivity index (χ4n) is 3.98. The van der Waals surface area contributed by atoms with E-state index < -0.39 is 0 Å². The Labute approximate surface area is 111 Å². The summed E-state index contributed by atoms with van der Waals surface area (Å²) in [5.41, 5.74) is 0. The van der Waals surface area contributed by atoms with E-state index in [2.05, 4.69) is 21.1 Å². The maximum absolute atomic E-state index is 11.3. The zero-order valence-corrected chi connectivity index (χ0v) is 12.3. The van der Waals surface area contributed by atoms with Crippen LogP contribution in [0.1, 0.15) is 45.4 Å². The molecule has 0 radical (unpaired) electrons. The molecule has 0 heterocycles. The SMILES string of the molecule is CC(=O)O[C@@H]1C[C@H]2CCCC[C@@H]2C[C@@H]1[N+](C)(C)C. The molecular formula is C15H28NO2+. The molecule has 0 aromatic heterocycles. The van der Waals surface area contributed by atoms with Gasteiger partial charge in [-0.2, -0.15) is 0 Å².